The highest BCUT2D eigenvalue weighted by Gasteiger charge is 2.47. The number of ether oxygens (including phenoxy) is 5. The van der Waals surface area contributed by atoms with Crippen molar-refractivity contribution in [1.29, 1.82) is 0 Å². The number of esters is 2. The van der Waals surface area contributed by atoms with Gasteiger partial charge in [-0.1, -0.05) is 19.1 Å². The van der Waals surface area contributed by atoms with Crippen molar-refractivity contribution in [1.82, 2.24) is 0 Å². The van der Waals surface area contributed by atoms with Crippen molar-refractivity contribution in [2.45, 2.75) is 56.3 Å². The third kappa shape index (κ3) is 7.09. The summed E-state index contributed by atoms with van der Waals surface area (Å²) in [6, 6.07) is 4.21. The van der Waals surface area contributed by atoms with Gasteiger partial charge in [-0.3, -0.25) is 4.79 Å². The Bertz CT molecular complexity index is 1100. The van der Waals surface area contributed by atoms with Crippen LogP contribution in [0, 0.1) is 5.92 Å². The fraction of sp³-hybridized carbons (Fsp3) is 0.538. The van der Waals surface area contributed by atoms with Gasteiger partial charge in [-0.2, -0.15) is 0 Å². The molecule has 14 nitrogen and oxygen atoms in total. The lowest BCUT2D eigenvalue weighted by Crippen LogP contribution is -2.60. The Morgan fingerprint density at radius 3 is 2.42 bits per heavy atom. The minimum absolute atomic E-state index is 0.0795. The van der Waals surface area contributed by atoms with Crippen LogP contribution < -0.4 is 0 Å². The Morgan fingerprint density at radius 1 is 1.07 bits per heavy atom. The number of rotatable bonds is 10. The number of benzene rings is 1. The van der Waals surface area contributed by atoms with Gasteiger partial charge < -0.3 is 59.4 Å². The number of aliphatic hydroxyl groups is 5. The Morgan fingerprint density at radius 2 is 1.80 bits per heavy atom. The Hall–Kier alpha value is -3.24. The maximum absolute atomic E-state index is 12.9. The zero-order chi connectivity index (χ0) is 29.6. The average Bonchev–Trinajstić information content (AvgIpc) is 2.94. The maximum Gasteiger partial charge on any atom is 0.337 e. The monoisotopic (exact) mass is 570 g/mol. The molecule has 2 heterocycles. The van der Waals surface area contributed by atoms with Gasteiger partial charge in [-0.25, -0.2) is 4.79 Å². The predicted molar refractivity (Wildman–Crippen MR) is 132 cm³/mol. The molecule has 0 aliphatic carbocycles. The van der Waals surface area contributed by atoms with Crippen molar-refractivity contribution in [3.63, 3.8) is 0 Å². The lowest BCUT2D eigenvalue weighted by molar-refractivity contribution is -0.327. The second kappa shape index (κ2) is 13.9. The third-order valence-electron chi connectivity index (χ3n) is 6.66. The van der Waals surface area contributed by atoms with Crippen LogP contribution in [0.2, 0.25) is 0 Å². The molecule has 0 unspecified atom stereocenters. The molecule has 1 aromatic carbocycles. The fourth-order valence-corrected chi connectivity index (χ4v) is 4.32. The van der Waals surface area contributed by atoms with Crippen LogP contribution in [0.4, 0.5) is 0 Å². The third-order valence-corrected chi connectivity index (χ3v) is 6.66. The van der Waals surface area contributed by atoms with Crippen molar-refractivity contribution in [3.05, 3.63) is 47.2 Å². The molecule has 2 aliphatic rings. The van der Waals surface area contributed by atoms with Crippen LogP contribution in [0.15, 0.2) is 41.7 Å². The first kappa shape index (κ1) is 31.3. The van der Waals surface area contributed by atoms with E-state index in [0.29, 0.717) is 5.56 Å². The number of aliphatic hydroxyl groups excluding tert-OH is 5. The lowest BCUT2D eigenvalue weighted by Gasteiger charge is -2.42. The molecule has 1 saturated heterocycles. The Kier molecular flexibility index (Phi) is 10.9. The first-order valence-electron chi connectivity index (χ1n) is 12.4. The average molecular weight is 571 g/mol. The summed E-state index contributed by atoms with van der Waals surface area (Å²) in [6.45, 7) is 0.371. The second-order valence-electron chi connectivity index (χ2n) is 9.34. The molecule has 0 radical (unpaired) electrons. The SMILES string of the molecule is COC(=O)C1=CO[C@@H](O[C@@H]2O[C@H](CO)[C@@H](O)[C@H](O)[C@H]2O)/C(=C\CO)[C@@H]1CC(=O)OC[C@@H](C)c1ccc(O)c(O)c1. The molecule has 1 fully saturated rings. The van der Waals surface area contributed by atoms with Gasteiger partial charge in [0.1, 0.15) is 24.4 Å². The molecule has 0 saturated carbocycles. The first-order chi connectivity index (χ1) is 19.0. The van der Waals surface area contributed by atoms with E-state index in [2.05, 4.69) is 0 Å². The molecule has 14 heteroatoms. The number of aromatic hydroxyl groups is 2. The van der Waals surface area contributed by atoms with E-state index < -0.39 is 74.5 Å². The minimum atomic E-state index is -1.76. The molecule has 8 atom stereocenters. The van der Waals surface area contributed by atoms with Gasteiger partial charge in [0, 0.05) is 17.4 Å². The van der Waals surface area contributed by atoms with Crippen molar-refractivity contribution < 1.29 is 69.0 Å². The van der Waals surface area contributed by atoms with Gasteiger partial charge in [-0.05, 0) is 17.7 Å². The molecule has 1 aromatic rings. The van der Waals surface area contributed by atoms with Gasteiger partial charge >= 0.3 is 11.9 Å². The van der Waals surface area contributed by atoms with Gasteiger partial charge in [0.05, 0.1) is 45.2 Å². The standard InChI is InChI=1S/C26H34O14/c1-12(13-3-4-17(29)18(30)7-13)10-37-20(31)8-15-14(5-6-27)25(38-11-16(15)24(35)36-2)40-26-23(34)22(33)21(32)19(9-28)39-26/h3-5,7,11-12,15,19,21-23,25-30,32-34H,6,8-10H2,1-2H3/b14-5-/t12-,15+,19-,21-,22+,23-,25+,26+/m1/s1. The molecule has 2 aliphatic heterocycles. The zero-order valence-corrected chi connectivity index (χ0v) is 21.8. The van der Waals surface area contributed by atoms with Crippen molar-refractivity contribution in [2.24, 2.45) is 5.92 Å². The van der Waals surface area contributed by atoms with E-state index in [1.165, 1.54) is 18.2 Å². The van der Waals surface area contributed by atoms with Gasteiger partial charge in [-0.15, -0.1) is 0 Å². The molecule has 0 spiro atoms. The van der Waals surface area contributed by atoms with Crippen LogP contribution in [0.25, 0.3) is 0 Å². The van der Waals surface area contributed by atoms with Crippen LogP contribution in [-0.4, -0.2) is 112 Å². The van der Waals surface area contributed by atoms with E-state index in [-0.39, 0.29) is 35.2 Å². The van der Waals surface area contributed by atoms with Crippen LogP contribution in [0.1, 0.15) is 24.8 Å². The van der Waals surface area contributed by atoms with Crippen LogP contribution in [0.3, 0.4) is 0 Å². The number of carbonyl (C=O) groups excluding carboxylic acids is 2. The normalized spacial score (nSPS) is 30.2. The Balaban J connectivity index is 1.78. The van der Waals surface area contributed by atoms with Crippen molar-refractivity contribution in [3.8, 4) is 11.5 Å². The van der Waals surface area contributed by atoms with Crippen LogP contribution >= 0.6 is 0 Å². The zero-order valence-electron chi connectivity index (χ0n) is 21.8. The minimum Gasteiger partial charge on any atom is -0.504 e. The van der Waals surface area contributed by atoms with E-state index in [1.807, 2.05) is 0 Å². The second-order valence-corrected chi connectivity index (χ2v) is 9.34. The van der Waals surface area contributed by atoms with Crippen molar-refractivity contribution >= 4 is 11.9 Å². The number of phenolic OH excluding ortho intramolecular Hbond substituents is 2. The summed E-state index contributed by atoms with van der Waals surface area (Å²) in [5, 5.41) is 68.7. The summed E-state index contributed by atoms with van der Waals surface area (Å²) in [7, 11) is 1.12. The van der Waals surface area contributed by atoms with Crippen molar-refractivity contribution in [2.75, 3.05) is 26.9 Å². The number of hydrogen-bond acceptors (Lipinski definition) is 14. The predicted octanol–water partition coefficient (Wildman–Crippen LogP) is -1.10. The highest BCUT2D eigenvalue weighted by molar-refractivity contribution is 5.90. The van der Waals surface area contributed by atoms with E-state index in [0.717, 1.165) is 13.4 Å². The first-order valence-corrected chi connectivity index (χ1v) is 12.4. The molecular formula is C26H34O14. The summed E-state index contributed by atoms with van der Waals surface area (Å²) < 4.78 is 26.7. The van der Waals surface area contributed by atoms with E-state index in [1.54, 1.807) is 13.0 Å². The number of hydrogen-bond donors (Lipinski definition) is 7. The molecule has 3 rings (SSSR count). The number of phenols is 2. The maximum atomic E-state index is 12.9. The quantitative estimate of drug-likeness (QED) is 0.101. The molecule has 40 heavy (non-hydrogen) atoms. The molecular weight excluding hydrogens is 536 g/mol. The van der Waals surface area contributed by atoms with Crippen LogP contribution in [-0.2, 0) is 33.3 Å². The molecule has 0 aromatic heterocycles. The summed E-state index contributed by atoms with van der Waals surface area (Å²) in [4.78, 5) is 25.3. The summed E-state index contributed by atoms with van der Waals surface area (Å²) in [5.74, 6) is -3.62. The topological polar surface area (TPSA) is 222 Å². The smallest absolute Gasteiger partial charge is 0.337 e. The van der Waals surface area contributed by atoms with E-state index >= 15 is 0 Å². The largest absolute Gasteiger partial charge is 0.504 e. The molecule has 0 bridgehead atoms. The van der Waals surface area contributed by atoms with E-state index in [9.17, 15) is 45.3 Å². The van der Waals surface area contributed by atoms with Gasteiger partial charge in [0.15, 0.2) is 17.8 Å². The highest BCUT2D eigenvalue weighted by Crippen LogP contribution is 2.36. The summed E-state index contributed by atoms with van der Waals surface area (Å²) >= 11 is 0. The fourth-order valence-electron chi connectivity index (χ4n) is 4.32. The summed E-state index contributed by atoms with van der Waals surface area (Å²) in [6.07, 6.45) is -7.61. The molecule has 7 N–H and O–H groups in total. The number of methoxy groups -OCH3 is 1. The van der Waals surface area contributed by atoms with Crippen LogP contribution in [0.5, 0.6) is 11.5 Å². The van der Waals surface area contributed by atoms with Gasteiger partial charge in [0.25, 0.3) is 0 Å². The Labute approximate surface area is 229 Å². The molecule has 222 valence electrons. The van der Waals surface area contributed by atoms with E-state index in [4.69, 9.17) is 23.7 Å². The number of carbonyl (C=O) groups is 2. The summed E-state index contributed by atoms with van der Waals surface area (Å²) in [5.41, 5.74) is 0.582. The lowest BCUT2D eigenvalue weighted by atomic mass is 9.86. The highest BCUT2D eigenvalue weighted by atomic mass is 16.8. The molecule has 0 amide bonds. The van der Waals surface area contributed by atoms with Gasteiger partial charge in [0.2, 0.25) is 6.29 Å².